The standard InChI is InChI=1S/C31H41N3O6/c1-20(2)29(30(32)39)34(24(19-35)16-22-8-12-25(36)13-9-22)31(40)27(17-23-10-14-26(37)15-11-23)33-28(38)18-21-6-4-3-5-7-21/h8-15,19-21,24,27,29,36-37H,3-7,16-18H2,1-2H3,(H2,32,39)(H,33,38)/t24?,27-,29-/m0/s1. The quantitative estimate of drug-likeness (QED) is 0.281. The molecule has 1 fully saturated rings. The number of primary amides is 1. The summed E-state index contributed by atoms with van der Waals surface area (Å²) in [6.07, 6.45) is 6.35. The Morgan fingerprint density at radius 2 is 1.45 bits per heavy atom. The molecular formula is C31H41N3O6. The second-order valence-corrected chi connectivity index (χ2v) is 11.1. The molecule has 3 amide bonds. The molecule has 1 aliphatic carbocycles. The van der Waals surface area contributed by atoms with Crippen molar-refractivity contribution in [2.75, 3.05) is 0 Å². The van der Waals surface area contributed by atoms with Crippen LogP contribution in [0.4, 0.5) is 0 Å². The van der Waals surface area contributed by atoms with E-state index >= 15 is 0 Å². The fraction of sp³-hybridized carbons (Fsp3) is 0.484. The molecule has 40 heavy (non-hydrogen) atoms. The van der Waals surface area contributed by atoms with Crippen LogP contribution >= 0.6 is 0 Å². The van der Waals surface area contributed by atoms with Crippen LogP contribution in [0.2, 0.25) is 0 Å². The summed E-state index contributed by atoms with van der Waals surface area (Å²) in [5, 5.41) is 22.3. The first-order chi connectivity index (χ1) is 19.1. The Hall–Kier alpha value is -3.88. The number of carbonyl (C=O) groups excluding carboxylic acids is 4. The van der Waals surface area contributed by atoms with Crippen LogP contribution in [0.5, 0.6) is 11.5 Å². The number of amides is 3. The summed E-state index contributed by atoms with van der Waals surface area (Å²) in [6, 6.07) is 9.36. The second-order valence-electron chi connectivity index (χ2n) is 11.1. The summed E-state index contributed by atoms with van der Waals surface area (Å²) in [7, 11) is 0. The summed E-state index contributed by atoms with van der Waals surface area (Å²) in [5.74, 6) is -1.62. The molecule has 9 nitrogen and oxygen atoms in total. The third-order valence-electron chi connectivity index (χ3n) is 7.58. The lowest BCUT2D eigenvalue weighted by molar-refractivity contribution is -0.148. The Bertz CT molecular complexity index is 1140. The normalized spacial score (nSPS) is 16.1. The van der Waals surface area contributed by atoms with Gasteiger partial charge in [0.15, 0.2) is 0 Å². The fourth-order valence-electron chi connectivity index (χ4n) is 5.53. The van der Waals surface area contributed by atoms with Crippen molar-refractivity contribution in [1.29, 1.82) is 0 Å². The maximum Gasteiger partial charge on any atom is 0.246 e. The van der Waals surface area contributed by atoms with Crippen LogP contribution in [-0.2, 0) is 32.0 Å². The van der Waals surface area contributed by atoms with Gasteiger partial charge in [-0.05, 0) is 66.5 Å². The molecule has 0 saturated heterocycles. The number of nitrogens with two attached hydrogens (primary N) is 1. The lowest BCUT2D eigenvalue weighted by Gasteiger charge is -2.38. The van der Waals surface area contributed by atoms with E-state index < -0.39 is 35.9 Å². The van der Waals surface area contributed by atoms with E-state index in [0.29, 0.717) is 23.8 Å². The number of aldehydes is 1. The number of aromatic hydroxyl groups is 2. The molecule has 3 atom stereocenters. The predicted molar refractivity (Wildman–Crippen MR) is 151 cm³/mol. The molecular weight excluding hydrogens is 510 g/mol. The van der Waals surface area contributed by atoms with Crippen molar-refractivity contribution in [2.24, 2.45) is 17.6 Å². The van der Waals surface area contributed by atoms with Crippen LogP contribution < -0.4 is 11.1 Å². The highest BCUT2D eigenvalue weighted by Crippen LogP contribution is 2.27. The van der Waals surface area contributed by atoms with Gasteiger partial charge in [-0.2, -0.15) is 0 Å². The monoisotopic (exact) mass is 551 g/mol. The Balaban J connectivity index is 1.96. The van der Waals surface area contributed by atoms with Crippen LogP contribution in [0.15, 0.2) is 48.5 Å². The van der Waals surface area contributed by atoms with Gasteiger partial charge in [-0.1, -0.05) is 57.4 Å². The van der Waals surface area contributed by atoms with E-state index in [1.807, 2.05) is 0 Å². The van der Waals surface area contributed by atoms with Gasteiger partial charge in [-0.15, -0.1) is 0 Å². The summed E-state index contributed by atoms with van der Waals surface area (Å²) < 4.78 is 0. The van der Waals surface area contributed by atoms with Crippen molar-refractivity contribution in [3.63, 3.8) is 0 Å². The number of rotatable bonds is 13. The van der Waals surface area contributed by atoms with Crippen molar-refractivity contribution < 1.29 is 29.4 Å². The molecule has 216 valence electrons. The minimum absolute atomic E-state index is 0.0613. The number of phenolic OH excluding ortho intramolecular Hbond substituents is 2. The Morgan fingerprint density at radius 3 is 1.93 bits per heavy atom. The maximum atomic E-state index is 14.3. The number of phenols is 2. The maximum absolute atomic E-state index is 14.3. The summed E-state index contributed by atoms with van der Waals surface area (Å²) in [4.78, 5) is 53.8. The van der Waals surface area contributed by atoms with Crippen LogP contribution in [0.3, 0.4) is 0 Å². The molecule has 9 heteroatoms. The Morgan fingerprint density at radius 1 is 0.925 bits per heavy atom. The van der Waals surface area contributed by atoms with Gasteiger partial charge in [0.25, 0.3) is 0 Å². The van der Waals surface area contributed by atoms with Gasteiger partial charge >= 0.3 is 0 Å². The third-order valence-corrected chi connectivity index (χ3v) is 7.58. The van der Waals surface area contributed by atoms with E-state index in [2.05, 4.69) is 5.32 Å². The van der Waals surface area contributed by atoms with Gasteiger partial charge in [0.05, 0.1) is 6.04 Å². The molecule has 0 aromatic heterocycles. The van der Waals surface area contributed by atoms with Gasteiger partial charge in [-0.25, -0.2) is 0 Å². The van der Waals surface area contributed by atoms with Crippen LogP contribution in [-0.4, -0.2) is 57.2 Å². The predicted octanol–water partition coefficient (Wildman–Crippen LogP) is 3.24. The van der Waals surface area contributed by atoms with Crippen molar-refractivity contribution in [3.05, 3.63) is 59.7 Å². The van der Waals surface area contributed by atoms with Crippen molar-refractivity contribution >= 4 is 24.0 Å². The molecule has 0 aliphatic heterocycles. The molecule has 0 radical (unpaired) electrons. The summed E-state index contributed by atoms with van der Waals surface area (Å²) in [5.41, 5.74) is 7.15. The first-order valence-electron chi connectivity index (χ1n) is 14.0. The number of carbonyl (C=O) groups is 4. The summed E-state index contributed by atoms with van der Waals surface area (Å²) >= 11 is 0. The third kappa shape index (κ3) is 8.56. The highest BCUT2D eigenvalue weighted by molar-refractivity contribution is 5.93. The Labute approximate surface area is 235 Å². The van der Waals surface area contributed by atoms with Gasteiger partial charge in [0.1, 0.15) is 29.9 Å². The zero-order chi connectivity index (χ0) is 29.2. The van der Waals surface area contributed by atoms with E-state index in [1.165, 1.54) is 29.2 Å². The largest absolute Gasteiger partial charge is 0.508 e. The topological polar surface area (TPSA) is 150 Å². The highest BCUT2D eigenvalue weighted by Gasteiger charge is 2.39. The number of nitrogens with zero attached hydrogens (tertiary/aromatic N) is 1. The molecule has 1 unspecified atom stereocenters. The van der Waals surface area contributed by atoms with Gasteiger partial charge in [0.2, 0.25) is 17.7 Å². The van der Waals surface area contributed by atoms with Crippen LogP contribution in [0, 0.1) is 11.8 Å². The second kappa shape index (κ2) is 14.5. The zero-order valence-electron chi connectivity index (χ0n) is 23.3. The number of nitrogens with one attached hydrogen (secondary N) is 1. The fourth-order valence-corrected chi connectivity index (χ4v) is 5.53. The zero-order valence-corrected chi connectivity index (χ0v) is 23.3. The SMILES string of the molecule is CC(C)[C@@H](C(N)=O)N(C(=O)[C@H](Cc1ccc(O)cc1)NC(=O)CC1CCCCC1)C(C=O)Cc1ccc(O)cc1. The molecule has 1 aliphatic rings. The minimum atomic E-state index is -1.10. The summed E-state index contributed by atoms with van der Waals surface area (Å²) in [6.45, 7) is 3.49. The Kier molecular flexibility index (Phi) is 11.1. The molecule has 1 saturated carbocycles. The van der Waals surface area contributed by atoms with Crippen molar-refractivity contribution in [3.8, 4) is 11.5 Å². The van der Waals surface area contributed by atoms with Crippen molar-refractivity contribution in [2.45, 2.75) is 83.3 Å². The first-order valence-corrected chi connectivity index (χ1v) is 14.0. The highest BCUT2D eigenvalue weighted by atomic mass is 16.3. The van der Waals surface area contributed by atoms with Crippen LogP contribution in [0.1, 0.15) is 63.5 Å². The van der Waals surface area contributed by atoms with Crippen LogP contribution in [0.25, 0.3) is 0 Å². The van der Waals surface area contributed by atoms with Gasteiger partial charge < -0.3 is 31.0 Å². The first kappa shape index (κ1) is 30.7. The average Bonchev–Trinajstić information content (AvgIpc) is 2.92. The lowest BCUT2D eigenvalue weighted by Crippen LogP contribution is -2.61. The molecule has 2 aromatic rings. The molecule has 0 spiro atoms. The van der Waals surface area contributed by atoms with Crippen molar-refractivity contribution in [1.82, 2.24) is 10.2 Å². The molecule has 0 bridgehead atoms. The smallest absolute Gasteiger partial charge is 0.246 e. The van der Waals surface area contributed by atoms with E-state index in [9.17, 15) is 29.4 Å². The minimum Gasteiger partial charge on any atom is -0.508 e. The average molecular weight is 552 g/mol. The van der Waals surface area contributed by atoms with E-state index in [-0.39, 0.29) is 36.2 Å². The molecule has 3 rings (SSSR count). The van der Waals surface area contributed by atoms with Gasteiger partial charge in [0, 0.05) is 12.8 Å². The molecule has 2 aromatic carbocycles. The number of hydrogen-bond donors (Lipinski definition) is 4. The van der Waals surface area contributed by atoms with Gasteiger partial charge in [-0.3, -0.25) is 14.4 Å². The number of hydrogen-bond acceptors (Lipinski definition) is 6. The molecule has 5 N–H and O–H groups in total. The number of benzene rings is 2. The molecule has 0 heterocycles. The van der Waals surface area contributed by atoms with E-state index in [1.54, 1.807) is 38.1 Å². The lowest BCUT2D eigenvalue weighted by atomic mass is 9.86. The van der Waals surface area contributed by atoms with E-state index in [0.717, 1.165) is 32.1 Å². The van der Waals surface area contributed by atoms with E-state index in [4.69, 9.17) is 5.73 Å².